The number of halogens is 1. The molecule has 0 unspecified atom stereocenters. The Morgan fingerprint density at radius 3 is 2.74 bits per heavy atom. The van der Waals surface area contributed by atoms with Gasteiger partial charge in [0.15, 0.2) is 0 Å². The number of anilines is 1. The van der Waals surface area contributed by atoms with Crippen LogP contribution >= 0.6 is 15.9 Å². The quantitative estimate of drug-likeness (QED) is 0.681. The topological polar surface area (TPSA) is 58.4 Å². The fourth-order valence-corrected chi connectivity index (χ4v) is 2.76. The lowest BCUT2D eigenvalue weighted by molar-refractivity contribution is -0.385. The molecule has 1 N–H and O–H groups in total. The second-order valence-corrected chi connectivity index (χ2v) is 5.63. The molecule has 0 amide bonds. The van der Waals surface area contributed by atoms with Gasteiger partial charge < -0.3 is 10.2 Å². The fraction of sp³-hybridized carbons (Fsp3) is 0.538. The number of piperidine rings is 1. The highest BCUT2D eigenvalue weighted by atomic mass is 79.9. The zero-order chi connectivity index (χ0) is 13.8. The third kappa shape index (κ3) is 3.67. The normalized spacial score (nSPS) is 17.4. The number of rotatable bonds is 4. The van der Waals surface area contributed by atoms with Crippen molar-refractivity contribution >= 4 is 27.3 Å². The average Bonchev–Trinajstić information content (AvgIpc) is 2.41. The van der Waals surface area contributed by atoms with Crippen LogP contribution in [0.2, 0.25) is 0 Å². The Bertz CT molecular complexity index is 459. The van der Waals surface area contributed by atoms with Crippen LogP contribution in [0, 0.1) is 10.1 Å². The molecule has 2 rings (SSSR count). The number of benzene rings is 1. The molecule has 1 aliphatic heterocycles. The van der Waals surface area contributed by atoms with Crippen LogP contribution in [0.15, 0.2) is 22.7 Å². The van der Waals surface area contributed by atoms with E-state index in [1.54, 1.807) is 12.1 Å². The van der Waals surface area contributed by atoms with Crippen molar-refractivity contribution in [3.8, 4) is 0 Å². The lowest BCUT2D eigenvalue weighted by atomic mass is 10.0. The summed E-state index contributed by atoms with van der Waals surface area (Å²) in [4.78, 5) is 12.9. The van der Waals surface area contributed by atoms with Crippen molar-refractivity contribution < 1.29 is 4.92 Å². The monoisotopic (exact) mass is 327 g/mol. The SMILES string of the molecule is CCN1CCC(Nc2ccc(Br)c([N+](=O)[O-])c2)CC1. The molecule has 6 heteroatoms. The number of hydrogen-bond acceptors (Lipinski definition) is 4. The molecule has 1 aromatic carbocycles. The van der Waals surface area contributed by atoms with Gasteiger partial charge in [-0.05, 0) is 47.4 Å². The number of likely N-dealkylation sites (tertiary alicyclic amines) is 1. The zero-order valence-electron chi connectivity index (χ0n) is 10.9. The van der Waals surface area contributed by atoms with E-state index in [-0.39, 0.29) is 10.6 Å². The van der Waals surface area contributed by atoms with Crippen molar-refractivity contribution in [3.63, 3.8) is 0 Å². The summed E-state index contributed by atoms with van der Waals surface area (Å²) in [6, 6.07) is 5.60. The molecule has 19 heavy (non-hydrogen) atoms. The first-order chi connectivity index (χ1) is 9.10. The molecule has 1 saturated heterocycles. The predicted octanol–water partition coefficient (Wildman–Crippen LogP) is 3.25. The molecule has 0 saturated carbocycles. The van der Waals surface area contributed by atoms with Gasteiger partial charge in [0.05, 0.1) is 9.40 Å². The third-order valence-corrected chi connectivity index (χ3v) is 4.22. The van der Waals surface area contributed by atoms with Gasteiger partial charge in [-0.15, -0.1) is 0 Å². The number of nitrogens with one attached hydrogen (secondary N) is 1. The Kier molecular flexibility index (Phi) is 4.76. The van der Waals surface area contributed by atoms with Gasteiger partial charge in [-0.25, -0.2) is 0 Å². The first-order valence-corrected chi connectivity index (χ1v) is 7.32. The van der Waals surface area contributed by atoms with E-state index in [1.165, 1.54) is 0 Å². The Balaban J connectivity index is 2.00. The molecule has 1 fully saturated rings. The van der Waals surface area contributed by atoms with Crippen LogP contribution in [0.4, 0.5) is 11.4 Å². The van der Waals surface area contributed by atoms with E-state index >= 15 is 0 Å². The van der Waals surface area contributed by atoms with Crippen molar-refractivity contribution in [1.82, 2.24) is 4.90 Å². The van der Waals surface area contributed by atoms with E-state index in [2.05, 4.69) is 33.1 Å². The molecular formula is C13H18BrN3O2. The van der Waals surface area contributed by atoms with E-state index < -0.39 is 0 Å². The van der Waals surface area contributed by atoms with E-state index in [4.69, 9.17) is 0 Å². The molecule has 1 heterocycles. The van der Waals surface area contributed by atoms with E-state index in [9.17, 15) is 10.1 Å². The fourth-order valence-electron chi connectivity index (χ4n) is 2.37. The van der Waals surface area contributed by atoms with Crippen LogP contribution < -0.4 is 5.32 Å². The third-order valence-electron chi connectivity index (χ3n) is 3.55. The van der Waals surface area contributed by atoms with Gasteiger partial charge in [0, 0.05) is 30.9 Å². The van der Waals surface area contributed by atoms with Crippen LogP contribution in [0.1, 0.15) is 19.8 Å². The maximum absolute atomic E-state index is 10.9. The van der Waals surface area contributed by atoms with Crippen molar-refractivity contribution in [1.29, 1.82) is 0 Å². The first-order valence-electron chi connectivity index (χ1n) is 6.53. The number of hydrogen-bond donors (Lipinski definition) is 1. The Morgan fingerprint density at radius 1 is 1.47 bits per heavy atom. The van der Waals surface area contributed by atoms with Crippen molar-refractivity contribution in [2.75, 3.05) is 25.0 Å². The molecule has 0 aromatic heterocycles. The molecular weight excluding hydrogens is 310 g/mol. The van der Waals surface area contributed by atoms with E-state index in [0.717, 1.165) is 38.2 Å². The Morgan fingerprint density at radius 2 is 2.16 bits per heavy atom. The zero-order valence-corrected chi connectivity index (χ0v) is 12.5. The lowest BCUT2D eigenvalue weighted by Gasteiger charge is -2.32. The van der Waals surface area contributed by atoms with Crippen molar-refractivity contribution in [2.45, 2.75) is 25.8 Å². The highest BCUT2D eigenvalue weighted by Gasteiger charge is 2.19. The molecule has 0 aliphatic carbocycles. The molecule has 0 bridgehead atoms. The molecule has 0 atom stereocenters. The van der Waals surface area contributed by atoms with Crippen LogP contribution in [-0.2, 0) is 0 Å². The summed E-state index contributed by atoms with van der Waals surface area (Å²) >= 11 is 3.20. The van der Waals surface area contributed by atoms with Gasteiger partial charge in [-0.1, -0.05) is 6.92 Å². The summed E-state index contributed by atoms with van der Waals surface area (Å²) in [6.45, 7) is 5.45. The smallest absolute Gasteiger partial charge is 0.285 e. The number of nitro benzene ring substituents is 1. The number of nitro groups is 1. The molecule has 1 aromatic rings. The van der Waals surface area contributed by atoms with Gasteiger partial charge in [-0.2, -0.15) is 0 Å². The van der Waals surface area contributed by atoms with Crippen LogP contribution in [-0.4, -0.2) is 35.5 Å². The summed E-state index contributed by atoms with van der Waals surface area (Å²) in [7, 11) is 0. The minimum atomic E-state index is -0.366. The van der Waals surface area contributed by atoms with Gasteiger partial charge in [0.1, 0.15) is 0 Å². The molecule has 0 radical (unpaired) electrons. The van der Waals surface area contributed by atoms with Gasteiger partial charge in [-0.3, -0.25) is 10.1 Å². The van der Waals surface area contributed by atoms with Crippen LogP contribution in [0.3, 0.4) is 0 Å². The summed E-state index contributed by atoms with van der Waals surface area (Å²) < 4.78 is 0.517. The Labute approximate surface area is 121 Å². The maximum Gasteiger partial charge on any atom is 0.285 e. The van der Waals surface area contributed by atoms with Crippen LogP contribution in [0.25, 0.3) is 0 Å². The average molecular weight is 328 g/mol. The summed E-state index contributed by atoms with van der Waals surface area (Å²) in [5, 5.41) is 14.3. The van der Waals surface area contributed by atoms with E-state index in [1.807, 2.05) is 6.07 Å². The van der Waals surface area contributed by atoms with Crippen LogP contribution in [0.5, 0.6) is 0 Å². The minimum absolute atomic E-state index is 0.107. The van der Waals surface area contributed by atoms with Gasteiger partial charge in [0.2, 0.25) is 0 Å². The van der Waals surface area contributed by atoms with Crippen molar-refractivity contribution in [2.24, 2.45) is 0 Å². The standard InChI is InChI=1S/C13H18BrN3O2/c1-2-16-7-5-10(6-8-16)15-11-3-4-12(14)13(9-11)17(18)19/h3-4,9-10,15H,2,5-8H2,1H3. The minimum Gasteiger partial charge on any atom is -0.382 e. The maximum atomic E-state index is 10.9. The second-order valence-electron chi connectivity index (χ2n) is 4.78. The van der Waals surface area contributed by atoms with Crippen molar-refractivity contribution in [3.05, 3.63) is 32.8 Å². The lowest BCUT2D eigenvalue weighted by Crippen LogP contribution is -2.38. The molecule has 1 aliphatic rings. The largest absolute Gasteiger partial charge is 0.382 e. The second kappa shape index (κ2) is 6.34. The summed E-state index contributed by atoms with van der Waals surface area (Å²) in [5.41, 5.74) is 0.931. The highest BCUT2D eigenvalue weighted by molar-refractivity contribution is 9.10. The molecule has 5 nitrogen and oxygen atoms in total. The number of nitrogens with zero attached hydrogens (tertiary/aromatic N) is 2. The first kappa shape index (κ1) is 14.3. The molecule has 104 valence electrons. The predicted molar refractivity (Wildman–Crippen MR) is 79.6 cm³/mol. The summed E-state index contributed by atoms with van der Waals surface area (Å²) in [6.07, 6.45) is 2.16. The highest BCUT2D eigenvalue weighted by Crippen LogP contribution is 2.28. The van der Waals surface area contributed by atoms with Gasteiger partial charge >= 0.3 is 0 Å². The van der Waals surface area contributed by atoms with E-state index in [0.29, 0.717) is 10.5 Å². The van der Waals surface area contributed by atoms with Gasteiger partial charge in [0.25, 0.3) is 5.69 Å². The Hall–Kier alpha value is -1.14. The molecule has 0 spiro atoms. The summed E-state index contributed by atoms with van der Waals surface area (Å²) in [5.74, 6) is 0.